The Morgan fingerprint density at radius 3 is 2.58 bits per heavy atom. The first kappa shape index (κ1) is 14.9. The zero-order valence-corrected chi connectivity index (χ0v) is 13.3. The molecule has 2 N–H and O–H groups in total. The molecule has 2 rings (SSSR count). The van der Waals surface area contributed by atoms with Crippen LogP contribution >= 0.6 is 11.3 Å². The molecule has 19 heavy (non-hydrogen) atoms. The highest BCUT2D eigenvalue weighted by atomic mass is 32.1. The van der Waals surface area contributed by atoms with Crippen LogP contribution in [0.25, 0.3) is 0 Å². The number of hydrogen-bond donors (Lipinski definition) is 1. The lowest BCUT2D eigenvalue weighted by molar-refractivity contribution is 0.173. The second-order valence-electron chi connectivity index (χ2n) is 6.67. The summed E-state index contributed by atoms with van der Waals surface area (Å²) >= 11 is 1.81. The van der Waals surface area contributed by atoms with Crippen molar-refractivity contribution in [2.24, 2.45) is 11.7 Å². The van der Waals surface area contributed by atoms with Crippen LogP contribution in [0.15, 0.2) is 5.38 Å². The van der Waals surface area contributed by atoms with Gasteiger partial charge >= 0.3 is 0 Å². The van der Waals surface area contributed by atoms with Gasteiger partial charge in [0.25, 0.3) is 0 Å². The van der Waals surface area contributed by atoms with Gasteiger partial charge in [-0.05, 0) is 44.8 Å². The van der Waals surface area contributed by atoms with E-state index in [1.54, 1.807) is 0 Å². The van der Waals surface area contributed by atoms with E-state index < -0.39 is 0 Å². The molecule has 1 aromatic rings. The molecule has 3 nitrogen and oxygen atoms in total. The van der Waals surface area contributed by atoms with Crippen LogP contribution in [0.3, 0.4) is 0 Å². The molecule has 1 saturated heterocycles. The second kappa shape index (κ2) is 6.33. The fourth-order valence-electron chi connectivity index (χ4n) is 2.59. The number of aromatic nitrogens is 1. The van der Waals surface area contributed by atoms with Crippen molar-refractivity contribution in [1.82, 2.24) is 9.88 Å². The monoisotopic (exact) mass is 281 g/mol. The predicted molar refractivity (Wildman–Crippen MR) is 82.5 cm³/mol. The number of rotatable bonds is 4. The summed E-state index contributed by atoms with van der Waals surface area (Å²) in [7, 11) is 0. The Hall–Kier alpha value is -0.450. The van der Waals surface area contributed by atoms with Crippen molar-refractivity contribution in [2.45, 2.75) is 52.0 Å². The molecule has 0 aromatic carbocycles. The molecule has 108 valence electrons. The van der Waals surface area contributed by atoms with E-state index in [2.05, 4.69) is 31.1 Å². The van der Waals surface area contributed by atoms with Gasteiger partial charge in [0.2, 0.25) is 0 Å². The smallest absolute Gasteiger partial charge is 0.107 e. The van der Waals surface area contributed by atoms with Crippen LogP contribution in [0.5, 0.6) is 0 Å². The minimum absolute atomic E-state index is 0.170. The van der Waals surface area contributed by atoms with Gasteiger partial charge in [-0.15, -0.1) is 11.3 Å². The Bertz CT molecular complexity index is 386. The van der Waals surface area contributed by atoms with Gasteiger partial charge in [-0.25, -0.2) is 4.98 Å². The lowest BCUT2D eigenvalue weighted by Crippen LogP contribution is -2.33. The van der Waals surface area contributed by atoms with Crippen molar-refractivity contribution in [2.75, 3.05) is 19.6 Å². The first-order valence-corrected chi connectivity index (χ1v) is 8.24. The Kier molecular flexibility index (Phi) is 4.98. The van der Waals surface area contributed by atoms with Crippen LogP contribution in [0.4, 0.5) is 0 Å². The molecule has 0 saturated carbocycles. The maximum atomic E-state index is 5.64. The maximum absolute atomic E-state index is 5.64. The third kappa shape index (κ3) is 4.26. The third-order valence-electron chi connectivity index (χ3n) is 3.96. The molecule has 0 bridgehead atoms. The number of nitrogens with zero attached hydrogens (tertiary/aromatic N) is 2. The molecule has 0 spiro atoms. The van der Waals surface area contributed by atoms with E-state index in [-0.39, 0.29) is 5.41 Å². The van der Waals surface area contributed by atoms with E-state index in [0.717, 1.165) is 19.0 Å². The average molecular weight is 281 g/mol. The van der Waals surface area contributed by atoms with Crippen molar-refractivity contribution in [3.63, 3.8) is 0 Å². The van der Waals surface area contributed by atoms with Gasteiger partial charge in [-0.2, -0.15) is 0 Å². The van der Waals surface area contributed by atoms with Gasteiger partial charge in [0.15, 0.2) is 0 Å². The van der Waals surface area contributed by atoms with Crippen molar-refractivity contribution in [3.05, 3.63) is 16.1 Å². The number of likely N-dealkylation sites (tertiary alicyclic amines) is 1. The molecule has 2 heterocycles. The van der Waals surface area contributed by atoms with E-state index in [1.165, 1.54) is 43.1 Å². The quantitative estimate of drug-likeness (QED) is 0.922. The van der Waals surface area contributed by atoms with Crippen LogP contribution in [-0.4, -0.2) is 29.5 Å². The summed E-state index contributed by atoms with van der Waals surface area (Å²) < 4.78 is 0. The number of thiazole rings is 1. The Morgan fingerprint density at radius 1 is 1.37 bits per heavy atom. The topological polar surface area (TPSA) is 42.1 Å². The molecule has 1 fully saturated rings. The van der Waals surface area contributed by atoms with Crippen molar-refractivity contribution in [3.8, 4) is 0 Å². The summed E-state index contributed by atoms with van der Waals surface area (Å²) in [5, 5.41) is 3.48. The second-order valence-corrected chi connectivity index (χ2v) is 7.62. The van der Waals surface area contributed by atoms with E-state index >= 15 is 0 Å². The zero-order valence-electron chi connectivity index (χ0n) is 12.5. The van der Waals surface area contributed by atoms with Crippen LogP contribution < -0.4 is 5.73 Å². The average Bonchev–Trinajstić information content (AvgIpc) is 2.80. The van der Waals surface area contributed by atoms with Gasteiger partial charge in [-0.3, -0.25) is 4.90 Å². The molecule has 0 radical (unpaired) electrons. The predicted octanol–water partition coefficient (Wildman–Crippen LogP) is 3.00. The largest absolute Gasteiger partial charge is 0.330 e. The summed E-state index contributed by atoms with van der Waals surface area (Å²) in [6.07, 6.45) is 3.79. The third-order valence-corrected chi connectivity index (χ3v) is 4.79. The number of nitrogens with two attached hydrogens (primary N) is 1. The van der Waals surface area contributed by atoms with E-state index in [9.17, 15) is 0 Å². The summed E-state index contributed by atoms with van der Waals surface area (Å²) in [6.45, 7) is 10.9. The fraction of sp³-hybridized carbons (Fsp3) is 0.800. The van der Waals surface area contributed by atoms with E-state index in [4.69, 9.17) is 10.7 Å². The fourth-order valence-corrected chi connectivity index (χ4v) is 3.65. The molecule has 4 heteroatoms. The standard InChI is InChI=1S/C15H27N3S/c1-15(2,3)13-11-19-14(17-13)10-18-8-5-12(4-7-16)6-9-18/h11-12H,4-10,16H2,1-3H3. The highest BCUT2D eigenvalue weighted by molar-refractivity contribution is 7.09. The van der Waals surface area contributed by atoms with Gasteiger partial charge in [0, 0.05) is 10.8 Å². The summed E-state index contributed by atoms with van der Waals surface area (Å²) in [4.78, 5) is 7.33. The van der Waals surface area contributed by atoms with E-state index in [0.29, 0.717) is 0 Å². The first-order chi connectivity index (χ1) is 8.99. The lowest BCUT2D eigenvalue weighted by atomic mass is 9.93. The Morgan fingerprint density at radius 2 is 2.05 bits per heavy atom. The Balaban J connectivity index is 1.84. The van der Waals surface area contributed by atoms with Crippen LogP contribution in [-0.2, 0) is 12.0 Å². The summed E-state index contributed by atoms with van der Waals surface area (Å²) in [5.74, 6) is 0.850. The molecular weight excluding hydrogens is 254 g/mol. The van der Waals surface area contributed by atoms with Crippen LogP contribution in [0.1, 0.15) is 50.7 Å². The summed E-state index contributed by atoms with van der Waals surface area (Å²) in [6, 6.07) is 0. The molecule has 0 aliphatic carbocycles. The lowest BCUT2D eigenvalue weighted by Gasteiger charge is -2.31. The number of piperidine rings is 1. The minimum atomic E-state index is 0.170. The molecule has 1 aliphatic heterocycles. The SMILES string of the molecule is CC(C)(C)c1csc(CN2CCC(CCN)CC2)n1. The van der Waals surface area contributed by atoms with Crippen molar-refractivity contribution < 1.29 is 0 Å². The zero-order chi connectivity index (χ0) is 13.9. The number of hydrogen-bond acceptors (Lipinski definition) is 4. The van der Waals surface area contributed by atoms with Crippen molar-refractivity contribution in [1.29, 1.82) is 0 Å². The molecule has 0 unspecified atom stereocenters. The summed E-state index contributed by atoms with van der Waals surface area (Å²) in [5.41, 5.74) is 7.04. The van der Waals surface area contributed by atoms with E-state index in [1.807, 2.05) is 11.3 Å². The minimum Gasteiger partial charge on any atom is -0.330 e. The normalized spacial score (nSPS) is 18.9. The molecular formula is C15H27N3S. The van der Waals surface area contributed by atoms with Crippen LogP contribution in [0, 0.1) is 5.92 Å². The van der Waals surface area contributed by atoms with Crippen molar-refractivity contribution >= 4 is 11.3 Å². The molecule has 1 aliphatic rings. The molecule has 1 aromatic heterocycles. The first-order valence-electron chi connectivity index (χ1n) is 7.36. The van der Waals surface area contributed by atoms with Gasteiger partial charge in [0.1, 0.15) is 5.01 Å². The highest BCUT2D eigenvalue weighted by Crippen LogP contribution is 2.26. The van der Waals surface area contributed by atoms with Gasteiger partial charge in [-0.1, -0.05) is 20.8 Å². The van der Waals surface area contributed by atoms with Gasteiger partial charge < -0.3 is 5.73 Å². The van der Waals surface area contributed by atoms with Gasteiger partial charge in [0.05, 0.1) is 12.2 Å². The highest BCUT2D eigenvalue weighted by Gasteiger charge is 2.21. The molecule has 0 atom stereocenters. The Labute approximate surface area is 121 Å². The molecule has 0 amide bonds. The van der Waals surface area contributed by atoms with Crippen LogP contribution in [0.2, 0.25) is 0 Å². The maximum Gasteiger partial charge on any atom is 0.107 e.